The molecule has 0 saturated heterocycles. The van der Waals surface area contributed by atoms with Crippen LogP contribution in [0.1, 0.15) is 42.1 Å². The SMILES string of the molecule is CCC(=O)NC1Cc2cccc(C(=O)OCOC(=O)C3CC3)c2OB1O. The molecule has 1 aromatic rings. The molecule has 0 spiro atoms. The number of ether oxygens (including phenoxy) is 2. The zero-order valence-corrected chi connectivity index (χ0v) is 14.4. The number of benzene rings is 1. The van der Waals surface area contributed by atoms with E-state index in [2.05, 4.69) is 5.32 Å². The van der Waals surface area contributed by atoms with Gasteiger partial charge in [0.2, 0.25) is 12.7 Å². The van der Waals surface area contributed by atoms with Gasteiger partial charge in [0.1, 0.15) is 11.3 Å². The molecule has 8 nitrogen and oxygen atoms in total. The Kier molecular flexibility index (Phi) is 5.46. The largest absolute Gasteiger partial charge is 0.547 e. The first-order chi connectivity index (χ1) is 12.5. The van der Waals surface area contributed by atoms with Crippen molar-refractivity contribution in [2.75, 3.05) is 6.79 Å². The number of esters is 2. The second-order valence-corrected chi connectivity index (χ2v) is 6.32. The summed E-state index contributed by atoms with van der Waals surface area (Å²) in [7, 11) is -1.28. The van der Waals surface area contributed by atoms with E-state index in [1.807, 2.05) is 0 Å². The second-order valence-electron chi connectivity index (χ2n) is 6.32. The van der Waals surface area contributed by atoms with E-state index in [1.165, 1.54) is 6.07 Å². The summed E-state index contributed by atoms with van der Waals surface area (Å²) in [5.74, 6) is -1.75. The highest BCUT2D eigenvalue weighted by Gasteiger charge is 2.37. The molecule has 1 atom stereocenters. The van der Waals surface area contributed by atoms with Gasteiger partial charge in [-0.2, -0.15) is 0 Å². The molecular formula is C17H20BNO7. The van der Waals surface area contributed by atoms with E-state index >= 15 is 0 Å². The third-order valence-corrected chi connectivity index (χ3v) is 4.31. The lowest BCUT2D eigenvalue weighted by atomic mass is 9.72. The van der Waals surface area contributed by atoms with E-state index in [9.17, 15) is 19.4 Å². The van der Waals surface area contributed by atoms with Gasteiger partial charge in [-0.3, -0.25) is 9.59 Å². The summed E-state index contributed by atoms with van der Waals surface area (Å²) in [6.07, 6.45) is 2.23. The molecule has 0 aromatic heterocycles. The van der Waals surface area contributed by atoms with Gasteiger partial charge >= 0.3 is 19.1 Å². The van der Waals surface area contributed by atoms with E-state index < -0.39 is 25.8 Å². The number of amides is 1. The molecule has 1 aliphatic carbocycles. The van der Waals surface area contributed by atoms with Gasteiger partial charge in [0.05, 0.1) is 11.9 Å². The number of carbonyl (C=O) groups excluding carboxylic acids is 3. The van der Waals surface area contributed by atoms with E-state index in [0.717, 1.165) is 12.8 Å². The molecule has 1 aromatic carbocycles. The highest BCUT2D eigenvalue weighted by atomic mass is 16.7. The average Bonchev–Trinajstić information content (AvgIpc) is 3.46. The fraction of sp³-hybridized carbons (Fsp3) is 0.471. The molecule has 9 heteroatoms. The van der Waals surface area contributed by atoms with Gasteiger partial charge in [-0.25, -0.2) is 4.79 Å². The lowest BCUT2D eigenvalue weighted by Gasteiger charge is -2.29. The van der Waals surface area contributed by atoms with Gasteiger partial charge in [0.15, 0.2) is 0 Å². The maximum Gasteiger partial charge on any atom is 0.547 e. The number of carbonyl (C=O) groups is 3. The molecule has 0 bridgehead atoms. The Balaban J connectivity index is 1.64. The molecule has 1 unspecified atom stereocenters. The summed E-state index contributed by atoms with van der Waals surface area (Å²) >= 11 is 0. The van der Waals surface area contributed by atoms with Gasteiger partial charge in [-0.15, -0.1) is 0 Å². The van der Waals surface area contributed by atoms with Gasteiger partial charge in [-0.1, -0.05) is 19.1 Å². The van der Waals surface area contributed by atoms with Gasteiger partial charge in [0.25, 0.3) is 0 Å². The van der Waals surface area contributed by atoms with Crippen molar-refractivity contribution in [1.29, 1.82) is 0 Å². The summed E-state index contributed by atoms with van der Waals surface area (Å²) in [6.45, 7) is 1.25. The van der Waals surface area contributed by atoms with E-state index in [1.54, 1.807) is 19.1 Å². The van der Waals surface area contributed by atoms with Crippen LogP contribution >= 0.6 is 0 Å². The molecule has 2 N–H and O–H groups in total. The second kappa shape index (κ2) is 7.78. The molecule has 3 rings (SSSR count). The molecule has 1 aliphatic heterocycles. The van der Waals surface area contributed by atoms with Crippen molar-refractivity contribution in [3.05, 3.63) is 29.3 Å². The van der Waals surface area contributed by atoms with Crippen LogP contribution in [0.2, 0.25) is 0 Å². The molecule has 138 valence electrons. The van der Waals surface area contributed by atoms with Crippen molar-refractivity contribution in [1.82, 2.24) is 5.32 Å². The minimum atomic E-state index is -1.28. The van der Waals surface area contributed by atoms with Gasteiger partial charge in [0, 0.05) is 6.42 Å². The standard InChI is InChI=1S/C17H20BNO7/c1-2-14(20)19-13-8-11-4-3-5-12(15(11)26-18(13)23)17(22)25-9-24-16(21)10-6-7-10/h3-5,10,13,23H,2,6-9H2,1H3,(H,19,20). The van der Waals surface area contributed by atoms with Crippen molar-refractivity contribution >= 4 is 25.0 Å². The molecule has 0 radical (unpaired) electrons. The average molecular weight is 361 g/mol. The Bertz CT molecular complexity index is 719. The fourth-order valence-corrected chi connectivity index (χ4v) is 2.67. The number of nitrogens with one attached hydrogen (secondary N) is 1. The van der Waals surface area contributed by atoms with Crippen molar-refractivity contribution in [3.8, 4) is 5.75 Å². The first kappa shape index (κ1) is 18.3. The van der Waals surface area contributed by atoms with Crippen LogP contribution in [0.4, 0.5) is 0 Å². The Morgan fingerprint density at radius 3 is 2.77 bits per heavy atom. The number of rotatable bonds is 6. The normalized spacial score (nSPS) is 18.4. The van der Waals surface area contributed by atoms with E-state index in [0.29, 0.717) is 18.4 Å². The monoisotopic (exact) mass is 361 g/mol. The number of fused-ring (bicyclic) bond motifs is 1. The third kappa shape index (κ3) is 4.16. The van der Waals surface area contributed by atoms with Crippen molar-refractivity contribution in [2.45, 2.75) is 38.5 Å². The van der Waals surface area contributed by atoms with Crippen LogP contribution in [-0.4, -0.2) is 42.7 Å². The maximum absolute atomic E-state index is 12.3. The number of hydrogen-bond acceptors (Lipinski definition) is 7. The van der Waals surface area contributed by atoms with Crippen molar-refractivity contribution < 1.29 is 33.5 Å². The maximum atomic E-state index is 12.3. The van der Waals surface area contributed by atoms with Crippen LogP contribution in [0.15, 0.2) is 18.2 Å². The quantitative estimate of drug-likeness (QED) is 0.434. The lowest BCUT2D eigenvalue weighted by molar-refractivity contribution is -0.153. The summed E-state index contributed by atoms with van der Waals surface area (Å²) < 4.78 is 15.3. The summed E-state index contributed by atoms with van der Waals surface area (Å²) in [4.78, 5) is 35.2. The fourth-order valence-electron chi connectivity index (χ4n) is 2.67. The topological polar surface area (TPSA) is 111 Å². The minimum Gasteiger partial charge on any atom is -0.534 e. The molecule has 1 saturated carbocycles. The minimum absolute atomic E-state index is 0.0769. The predicted octanol–water partition coefficient (Wildman–Crippen LogP) is 0.603. The molecule has 1 heterocycles. The summed E-state index contributed by atoms with van der Waals surface area (Å²) in [5, 5.41) is 12.8. The van der Waals surface area contributed by atoms with E-state index in [-0.39, 0.29) is 29.1 Å². The molecule has 26 heavy (non-hydrogen) atoms. The Hall–Kier alpha value is -2.55. The van der Waals surface area contributed by atoms with Crippen LogP contribution in [0.25, 0.3) is 0 Å². The zero-order valence-electron chi connectivity index (χ0n) is 14.4. The highest BCUT2D eigenvalue weighted by molar-refractivity contribution is 6.47. The molecule has 1 amide bonds. The Labute approximate surface area is 150 Å². The Morgan fingerprint density at radius 1 is 1.31 bits per heavy atom. The first-order valence-electron chi connectivity index (χ1n) is 8.59. The highest BCUT2D eigenvalue weighted by Crippen LogP contribution is 2.31. The smallest absolute Gasteiger partial charge is 0.534 e. The summed E-state index contributed by atoms with van der Waals surface area (Å²) in [5.41, 5.74) is 0.797. The molecule has 1 fully saturated rings. The van der Waals surface area contributed by atoms with Crippen LogP contribution in [0, 0.1) is 5.92 Å². The number of hydrogen-bond donors (Lipinski definition) is 2. The third-order valence-electron chi connectivity index (χ3n) is 4.31. The van der Waals surface area contributed by atoms with Crippen molar-refractivity contribution in [3.63, 3.8) is 0 Å². The lowest BCUT2D eigenvalue weighted by Crippen LogP contribution is -2.53. The Morgan fingerprint density at radius 2 is 2.08 bits per heavy atom. The van der Waals surface area contributed by atoms with Crippen LogP contribution in [0.5, 0.6) is 5.75 Å². The zero-order chi connectivity index (χ0) is 18.7. The van der Waals surface area contributed by atoms with Gasteiger partial charge in [-0.05, 0) is 30.9 Å². The van der Waals surface area contributed by atoms with E-state index in [4.69, 9.17) is 14.1 Å². The van der Waals surface area contributed by atoms with Crippen molar-refractivity contribution in [2.24, 2.45) is 5.92 Å². The molecular weight excluding hydrogens is 341 g/mol. The van der Waals surface area contributed by atoms with Crippen LogP contribution in [0.3, 0.4) is 0 Å². The van der Waals surface area contributed by atoms with Crippen LogP contribution in [-0.2, 0) is 25.5 Å². The number of para-hydroxylation sites is 1. The van der Waals surface area contributed by atoms with Gasteiger partial charge < -0.3 is 24.5 Å². The summed E-state index contributed by atoms with van der Waals surface area (Å²) in [6, 6.07) is 4.91. The molecule has 2 aliphatic rings. The first-order valence-corrected chi connectivity index (χ1v) is 8.59. The van der Waals surface area contributed by atoms with Crippen LogP contribution < -0.4 is 9.97 Å². The predicted molar refractivity (Wildman–Crippen MR) is 90.1 cm³/mol.